The van der Waals surface area contributed by atoms with Gasteiger partial charge in [-0.1, -0.05) is 46.3 Å². The van der Waals surface area contributed by atoms with Crippen molar-refractivity contribution < 1.29 is 9.53 Å². The van der Waals surface area contributed by atoms with E-state index >= 15 is 0 Å². The summed E-state index contributed by atoms with van der Waals surface area (Å²) in [7, 11) is 0. The Hall–Kier alpha value is -1.69. The molecule has 1 amide bonds. The molecule has 26 heavy (non-hydrogen) atoms. The molecule has 0 saturated carbocycles. The van der Waals surface area contributed by atoms with Crippen LogP contribution >= 0.6 is 15.9 Å². The van der Waals surface area contributed by atoms with Crippen LogP contribution in [0.5, 0.6) is 0 Å². The molecule has 0 unspecified atom stereocenters. The van der Waals surface area contributed by atoms with Gasteiger partial charge in [-0.05, 0) is 55.1 Å². The van der Waals surface area contributed by atoms with Crippen molar-refractivity contribution in [1.29, 1.82) is 0 Å². The second kappa shape index (κ2) is 9.86. The van der Waals surface area contributed by atoms with E-state index in [0.717, 1.165) is 36.3 Å². The van der Waals surface area contributed by atoms with E-state index in [0.29, 0.717) is 19.1 Å². The molecule has 1 fully saturated rings. The lowest BCUT2D eigenvalue weighted by atomic mass is 9.99. The van der Waals surface area contributed by atoms with Crippen LogP contribution in [0, 0.1) is 5.92 Å². The Labute approximate surface area is 163 Å². The molecule has 2 aromatic carbocycles. The molecule has 0 aromatic heterocycles. The fourth-order valence-electron chi connectivity index (χ4n) is 3.29. The van der Waals surface area contributed by atoms with Gasteiger partial charge in [-0.2, -0.15) is 0 Å². The van der Waals surface area contributed by atoms with E-state index in [4.69, 9.17) is 4.74 Å². The summed E-state index contributed by atoms with van der Waals surface area (Å²) < 4.78 is 6.89. The van der Waals surface area contributed by atoms with Gasteiger partial charge in [0.25, 0.3) is 0 Å². The fourth-order valence-corrected chi connectivity index (χ4v) is 3.55. The third-order valence-corrected chi connectivity index (χ3v) is 5.09. The minimum Gasteiger partial charge on any atom is -0.376 e. The topological polar surface area (TPSA) is 41.6 Å². The summed E-state index contributed by atoms with van der Waals surface area (Å²) in [5.74, 6) is 0.533. The van der Waals surface area contributed by atoms with Gasteiger partial charge in [-0.15, -0.1) is 0 Å². The molecule has 0 aliphatic carbocycles. The average Bonchev–Trinajstić information content (AvgIpc) is 2.65. The van der Waals surface area contributed by atoms with Crippen LogP contribution in [0.1, 0.15) is 18.4 Å². The molecule has 2 aromatic rings. The summed E-state index contributed by atoms with van der Waals surface area (Å²) in [6.07, 6.45) is 2.28. The van der Waals surface area contributed by atoms with Crippen LogP contribution in [0.15, 0.2) is 59.1 Å². The third-order valence-electron chi connectivity index (χ3n) is 4.56. The predicted octanol–water partition coefficient (Wildman–Crippen LogP) is 4.32. The number of anilines is 1. The number of likely N-dealkylation sites (tertiary alicyclic amines) is 1. The maximum atomic E-state index is 12.3. The number of hydrogen-bond acceptors (Lipinski definition) is 3. The first-order chi connectivity index (χ1) is 12.7. The Morgan fingerprint density at radius 2 is 1.92 bits per heavy atom. The quantitative estimate of drug-likeness (QED) is 0.730. The van der Waals surface area contributed by atoms with Gasteiger partial charge in [0.15, 0.2) is 0 Å². The smallest absolute Gasteiger partial charge is 0.238 e. The third kappa shape index (κ3) is 6.24. The Kier molecular flexibility index (Phi) is 7.23. The molecule has 1 N–H and O–H groups in total. The summed E-state index contributed by atoms with van der Waals surface area (Å²) >= 11 is 3.40. The standard InChI is InChI=1S/C21H25BrN2O2/c22-19-8-10-20(11-9-19)23-21(25)14-24-12-4-7-18(13-24)16-26-15-17-5-2-1-3-6-17/h1-3,5-6,8-11,18H,4,7,12-16H2,(H,23,25)/t18-/m0/s1. The zero-order valence-electron chi connectivity index (χ0n) is 14.9. The maximum Gasteiger partial charge on any atom is 0.238 e. The maximum absolute atomic E-state index is 12.3. The molecular formula is C21H25BrN2O2. The van der Waals surface area contributed by atoms with Crippen molar-refractivity contribution in [3.63, 3.8) is 0 Å². The molecule has 0 bridgehead atoms. The zero-order chi connectivity index (χ0) is 18.2. The summed E-state index contributed by atoms with van der Waals surface area (Å²) in [6, 6.07) is 17.9. The van der Waals surface area contributed by atoms with Crippen LogP contribution in [0.3, 0.4) is 0 Å². The Morgan fingerprint density at radius 1 is 1.15 bits per heavy atom. The number of amides is 1. The van der Waals surface area contributed by atoms with Crippen molar-refractivity contribution in [2.75, 3.05) is 31.6 Å². The number of carbonyl (C=O) groups is 1. The lowest BCUT2D eigenvalue weighted by Crippen LogP contribution is -2.41. The molecule has 0 radical (unpaired) electrons. The van der Waals surface area contributed by atoms with E-state index < -0.39 is 0 Å². The molecule has 4 nitrogen and oxygen atoms in total. The highest BCUT2D eigenvalue weighted by atomic mass is 79.9. The highest BCUT2D eigenvalue weighted by molar-refractivity contribution is 9.10. The number of carbonyl (C=O) groups excluding carboxylic acids is 1. The van der Waals surface area contributed by atoms with E-state index in [2.05, 4.69) is 38.3 Å². The second-order valence-electron chi connectivity index (χ2n) is 6.80. The summed E-state index contributed by atoms with van der Waals surface area (Å²) in [5.41, 5.74) is 2.03. The van der Waals surface area contributed by atoms with Crippen molar-refractivity contribution in [1.82, 2.24) is 4.90 Å². The van der Waals surface area contributed by atoms with E-state index in [1.165, 1.54) is 12.0 Å². The average molecular weight is 417 g/mol. The van der Waals surface area contributed by atoms with Crippen LogP contribution in [-0.4, -0.2) is 37.0 Å². The summed E-state index contributed by atoms with van der Waals surface area (Å²) in [5, 5.41) is 2.96. The Balaban J connectivity index is 1.40. The number of benzene rings is 2. The number of halogens is 1. The molecular weight excluding hydrogens is 392 g/mol. The molecule has 3 rings (SSSR count). The number of nitrogens with zero attached hydrogens (tertiary/aromatic N) is 1. The minimum atomic E-state index is 0.0400. The number of rotatable bonds is 7. The Morgan fingerprint density at radius 3 is 2.69 bits per heavy atom. The predicted molar refractivity (Wildman–Crippen MR) is 108 cm³/mol. The number of hydrogen-bond donors (Lipinski definition) is 1. The van der Waals surface area contributed by atoms with Gasteiger partial charge in [-0.3, -0.25) is 9.69 Å². The van der Waals surface area contributed by atoms with Crippen molar-refractivity contribution in [2.24, 2.45) is 5.92 Å². The van der Waals surface area contributed by atoms with Gasteiger partial charge in [0.1, 0.15) is 0 Å². The molecule has 1 heterocycles. The first kappa shape index (κ1) is 19.1. The van der Waals surface area contributed by atoms with Gasteiger partial charge in [0.2, 0.25) is 5.91 Å². The van der Waals surface area contributed by atoms with Gasteiger partial charge >= 0.3 is 0 Å². The second-order valence-corrected chi connectivity index (χ2v) is 7.71. The lowest BCUT2D eigenvalue weighted by molar-refractivity contribution is -0.117. The fraction of sp³-hybridized carbons (Fsp3) is 0.381. The van der Waals surface area contributed by atoms with E-state index in [1.54, 1.807) is 0 Å². The molecule has 1 atom stereocenters. The summed E-state index contributed by atoms with van der Waals surface area (Å²) in [6.45, 7) is 3.73. The molecule has 1 saturated heterocycles. The van der Waals surface area contributed by atoms with E-state index in [1.807, 2.05) is 42.5 Å². The largest absolute Gasteiger partial charge is 0.376 e. The van der Waals surface area contributed by atoms with Gasteiger partial charge < -0.3 is 10.1 Å². The molecule has 5 heteroatoms. The van der Waals surface area contributed by atoms with Crippen LogP contribution < -0.4 is 5.32 Å². The van der Waals surface area contributed by atoms with Crippen molar-refractivity contribution in [3.8, 4) is 0 Å². The highest BCUT2D eigenvalue weighted by Crippen LogP contribution is 2.18. The van der Waals surface area contributed by atoms with Crippen molar-refractivity contribution in [3.05, 3.63) is 64.6 Å². The zero-order valence-corrected chi connectivity index (χ0v) is 16.5. The van der Waals surface area contributed by atoms with E-state index in [-0.39, 0.29) is 5.91 Å². The SMILES string of the molecule is O=C(CN1CCC[C@H](COCc2ccccc2)C1)Nc1ccc(Br)cc1. The van der Waals surface area contributed by atoms with Gasteiger partial charge in [0, 0.05) is 16.7 Å². The minimum absolute atomic E-state index is 0.0400. The highest BCUT2D eigenvalue weighted by Gasteiger charge is 2.21. The van der Waals surface area contributed by atoms with Gasteiger partial charge in [0.05, 0.1) is 19.8 Å². The molecule has 1 aliphatic rings. The Bertz CT molecular complexity index is 691. The normalized spacial score (nSPS) is 17.8. The monoisotopic (exact) mass is 416 g/mol. The summed E-state index contributed by atoms with van der Waals surface area (Å²) in [4.78, 5) is 14.5. The first-order valence-electron chi connectivity index (χ1n) is 9.08. The first-order valence-corrected chi connectivity index (χ1v) is 9.88. The number of piperidine rings is 1. The van der Waals surface area contributed by atoms with Crippen LogP contribution in [0.4, 0.5) is 5.69 Å². The van der Waals surface area contributed by atoms with Crippen LogP contribution in [-0.2, 0) is 16.1 Å². The number of ether oxygens (including phenoxy) is 1. The van der Waals surface area contributed by atoms with Crippen molar-refractivity contribution in [2.45, 2.75) is 19.4 Å². The van der Waals surface area contributed by atoms with Gasteiger partial charge in [-0.25, -0.2) is 0 Å². The number of nitrogens with one attached hydrogen (secondary N) is 1. The lowest BCUT2D eigenvalue weighted by Gasteiger charge is -2.32. The van der Waals surface area contributed by atoms with Crippen LogP contribution in [0.2, 0.25) is 0 Å². The van der Waals surface area contributed by atoms with Crippen molar-refractivity contribution >= 4 is 27.5 Å². The molecule has 1 aliphatic heterocycles. The molecule has 0 spiro atoms. The van der Waals surface area contributed by atoms with E-state index in [9.17, 15) is 4.79 Å². The van der Waals surface area contributed by atoms with Crippen LogP contribution in [0.25, 0.3) is 0 Å². The molecule has 138 valence electrons.